The number of nitrogens with zero attached hydrogens (tertiary/aromatic N) is 1. The molecule has 1 aliphatic rings. The predicted octanol–water partition coefficient (Wildman–Crippen LogP) is 3.31. The van der Waals surface area contributed by atoms with Gasteiger partial charge in [-0.1, -0.05) is 18.2 Å². The Balaban J connectivity index is 2.00. The van der Waals surface area contributed by atoms with Crippen LogP contribution in [0.3, 0.4) is 0 Å². The molecule has 0 aromatic heterocycles. The normalized spacial score (nSPS) is 14.2. The minimum Gasteiger partial charge on any atom is -0.320 e. The molecule has 0 heterocycles. The van der Waals surface area contributed by atoms with Gasteiger partial charge in [-0.05, 0) is 49.6 Å². The van der Waals surface area contributed by atoms with Crippen LogP contribution in [0.4, 0.5) is 15.8 Å². The average Bonchev–Trinajstić information content (AvgIpc) is 3.33. The zero-order chi connectivity index (χ0) is 18.2. The van der Waals surface area contributed by atoms with Gasteiger partial charge in [0.1, 0.15) is 5.82 Å². The monoisotopic (exact) mass is 362 g/mol. The zero-order valence-corrected chi connectivity index (χ0v) is 14.8. The SMILES string of the molecule is Cc1ccccc1C(=O)Nc1cc(F)ccc1N(C1CC1)S(C)(=O)=O. The maximum atomic E-state index is 13.7. The quantitative estimate of drug-likeness (QED) is 0.887. The summed E-state index contributed by atoms with van der Waals surface area (Å²) in [5.41, 5.74) is 1.66. The van der Waals surface area contributed by atoms with E-state index in [1.165, 1.54) is 16.4 Å². The fourth-order valence-corrected chi connectivity index (χ4v) is 4.04. The van der Waals surface area contributed by atoms with Crippen LogP contribution in [0.2, 0.25) is 0 Å². The van der Waals surface area contributed by atoms with Crippen LogP contribution < -0.4 is 9.62 Å². The number of hydrogen-bond acceptors (Lipinski definition) is 3. The van der Waals surface area contributed by atoms with E-state index in [2.05, 4.69) is 5.32 Å². The lowest BCUT2D eigenvalue weighted by Crippen LogP contribution is -2.33. The van der Waals surface area contributed by atoms with E-state index >= 15 is 0 Å². The molecule has 7 heteroatoms. The Labute approximate surface area is 146 Å². The molecule has 1 N–H and O–H groups in total. The molecule has 0 unspecified atom stereocenters. The molecule has 2 aromatic carbocycles. The van der Waals surface area contributed by atoms with Gasteiger partial charge in [-0.3, -0.25) is 9.10 Å². The van der Waals surface area contributed by atoms with Crippen molar-refractivity contribution >= 4 is 27.3 Å². The molecule has 1 amide bonds. The Morgan fingerprint density at radius 1 is 1.20 bits per heavy atom. The maximum absolute atomic E-state index is 13.7. The summed E-state index contributed by atoms with van der Waals surface area (Å²) in [5.74, 6) is -0.956. The van der Waals surface area contributed by atoms with Gasteiger partial charge >= 0.3 is 0 Å². The second-order valence-corrected chi connectivity index (χ2v) is 8.08. The standard InChI is InChI=1S/C18H19FN2O3S/c1-12-5-3-4-6-15(12)18(22)20-16-11-13(19)7-10-17(16)21(14-8-9-14)25(2,23)24/h3-7,10-11,14H,8-9H2,1-2H3,(H,20,22). The van der Waals surface area contributed by atoms with Gasteiger partial charge in [-0.15, -0.1) is 0 Å². The molecular formula is C18H19FN2O3S. The molecule has 0 aliphatic heterocycles. The van der Waals surface area contributed by atoms with E-state index in [4.69, 9.17) is 0 Å². The Morgan fingerprint density at radius 2 is 1.88 bits per heavy atom. The average molecular weight is 362 g/mol. The molecule has 25 heavy (non-hydrogen) atoms. The molecule has 5 nitrogen and oxygen atoms in total. The van der Waals surface area contributed by atoms with Gasteiger partial charge in [-0.2, -0.15) is 0 Å². The van der Waals surface area contributed by atoms with Gasteiger partial charge in [0.05, 0.1) is 17.6 Å². The van der Waals surface area contributed by atoms with Gasteiger partial charge in [0.2, 0.25) is 10.0 Å². The van der Waals surface area contributed by atoms with Crippen LogP contribution in [0.15, 0.2) is 42.5 Å². The van der Waals surface area contributed by atoms with Crippen molar-refractivity contribution in [2.45, 2.75) is 25.8 Å². The lowest BCUT2D eigenvalue weighted by Gasteiger charge is -2.25. The van der Waals surface area contributed by atoms with E-state index in [1.54, 1.807) is 25.1 Å². The highest BCUT2D eigenvalue weighted by atomic mass is 32.2. The number of carbonyl (C=O) groups is 1. The van der Waals surface area contributed by atoms with Crippen molar-refractivity contribution in [3.63, 3.8) is 0 Å². The number of anilines is 2. The van der Waals surface area contributed by atoms with Gasteiger partial charge in [-0.25, -0.2) is 12.8 Å². The molecule has 0 spiro atoms. The van der Waals surface area contributed by atoms with Crippen LogP contribution in [0, 0.1) is 12.7 Å². The van der Waals surface area contributed by atoms with Crippen molar-refractivity contribution in [1.82, 2.24) is 0 Å². The highest BCUT2D eigenvalue weighted by Crippen LogP contribution is 2.38. The number of amides is 1. The van der Waals surface area contributed by atoms with Crippen molar-refractivity contribution in [1.29, 1.82) is 0 Å². The van der Waals surface area contributed by atoms with E-state index < -0.39 is 21.7 Å². The Kier molecular flexibility index (Phi) is 4.51. The Hall–Kier alpha value is -2.41. The molecule has 132 valence electrons. The maximum Gasteiger partial charge on any atom is 0.255 e. The number of aryl methyl sites for hydroxylation is 1. The summed E-state index contributed by atoms with van der Waals surface area (Å²) < 4.78 is 39.4. The first-order chi connectivity index (χ1) is 11.8. The molecular weight excluding hydrogens is 343 g/mol. The number of benzene rings is 2. The smallest absolute Gasteiger partial charge is 0.255 e. The second kappa shape index (κ2) is 6.48. The van der Waals surface area contributed by atoms with E-state index in [0.717, 1.165) is 30.7 Å². The van der Waals surface area contributed by atoms with Crippen molar-refractivity contribution in [3.05, 3.63) is 59.4 Å². The molecule has 0 radical (unpaired) electrons. The van der Waals surface area contributed by atoms with Crippen molar-refractivity contribution in [2.75, 3.05) is 15.9 Å². The lowest BCUT2D eigenvalue weighted by atomic mass is 10.1. The Morgan fingerprint density at radius 3 is 2.48 bits per heavy atom. The first-order valence-electron chi connectivity index (χ1n) is 7.93. The van der Waals surface area contributed by atoms with E-state index in [0.29, 0.717) is 5.56 Å². The first-order valence-corrected chi connectivity index (χ1v) is 9.78. The van der Waals surface area contributed by atoms with Crippen LogP contribution in [-0.4, -0.2) is 26.6 Å². The topological polar surface area (TPSA) is 66.5 Å². The molecule has 3 rings (SSSR count). The first kappa shape index (κ1) is 17.4. The summed E-state index contributed by atoms with van der Waals surface area (Å²) in [6.45, 7) is 1.80. The molecule has 0 bridgehead atoms. The molecule has 1 saturated carbocycles. The minimum atomic E-state index is -3.54. The fraction of sp³-hybridized carbons (Fsp3) is 0.278. The highest BCUT2D eigenvalue weighted by molar-refractivity contribution is 7.92. The third kappa shape index (κ3) is 3.82. The van der Waals surface area contributed by atoms with Crippen LogP contribution >= 0.6 is 0 Å². The highest BCUT2D eigenvalue weighted by Gasteiger charge is 2.36. The Bertz CT molecular complexity index is 924. The fourth-order valence-electron chi connectivity index (χ4n) is 2.77. The number of sulfonamides is 1. The minimum absolute atomic E-state index is 0.144. The predicted molar refractivity (Wildman–Crippen MR) is 95.9 cm³/mol. The number of rotatable bonds is 5. The lowest BCUT2D eigenvalue weighted by molar-refractivity contribution is 0.102. The summed E-state index contributed by atoms with van der Waals surface area (Å²) in [7, 11) is -3.54. The van der Waals surface area contributed by atoms with Crippen molar-refractivity contribution in [3.8, 4) is 0 Å². The summed E-state index contributed by atoms with van der Waals surface area (Å²) >= 11 is 0. The van der Waals surface area contributed by atoms with Crippen LogP contribution in [-0.2, 0) is 10.0 Å². The van der Waals surface area contributed by atoms with Crippen LogP contribution in [0.25, 0.3) is 0 Å². The van der Waals surface area contributed by atoms with Crippen molar-refractivity contribution in [2.24, 2.45) is 0 Å². The zero-order valence-electron chi connectivity index (χ0n) is 14.0. The van der Waals surface area contributed by atoms with Gasteiger partial charge in [0, 0.05) is 11.6 Å². The molecule has 2 aromatic rings. The largest absolute Gasteiger partial charge is 0.320 e. The molecule has 0 atom stereocenters. The molecule has 0 saturated heterocycles. The second-order valence-electron chi connectivity index (χ2n) is 6.22. The summed E-state index contributed by atoms with van der Waals surface area (Å²) in [6.07, 6.45) is 2.60. The third-order valence-electron chi connectivity index (χ3n) is 4.07. The van der Waals surface area contributed by atoms with Gasteiger partial charge in [0.25, 0.3) is 5.91 Å². The number of halogens is 1. The summed E-state index contributed by atoms with van der Waals surface area (Å²) in [5, 5.41) is 2.66. The van der Waals surface area contributed by atoms with Crippen molar-refractivity contribution < 1.29 is 17.6 Å². The van der Waals surface area contributed by atoms with Gasteiger partial charge < -0.3 is 5.32 Å². The number of hydrogen-bond donors (Lipinski definition) is 1. The van der Waals surface area contributed by atoms with Crippen LogP contribution in [0.1, 0.15) is 28.8 Å². The van der Waals surface area contributed by atoms with Crippen LogP contribution in [0.5, 0.6) is 0 Å². The van der Waals surface area contributed by atoms with E-state index in [9.17, 15) is 17.6 Å². The number of nitrogens with one attached hydrogen (secondary N) is 1. The van der Waals surface area contributed by atoms with Gasteiger partial charge in [0.15, 0.2) is 0 Å². The molecule has 1 aliphatic carbocycles. The van der Waals surface area contributed by atoms with E-state index in [-0.39, 0.29) is 17.4 Å². The third-order valence-corrected chi connectivity index (χ3v) is 5.28. The molecule has 1 fully saturated rings. The summed E-state index contributed by atoms with van der Waals surface area (Å²) in [6, 6.07) is 10.6. The van der Waals surface area contributed by atoms with E-state index in [1.807, 2.05) is 6.07 Å². The summed E-state index contributed by atoms with van der Waals surface area (Å²) in [4.78, 5) is 12.6. The number of carbonyl (C=O) groups excluding carboxylic acids is 1.